The van der Waals surface area contributed by atoms with Crippen LogP contribution in [0.1, 0.15) is 26.3 Å². The van der Waals surface area contributed by atoms with E-state index in [0.29, 0.717) is 0 Å². The predicted molar refractivity (Wildman–Crippen MR) is 95.6 cm³/mol. The summed E-state index contributed by atoms with van der Waals surface area (Å²) in [6, 6.07) is 9.12. The van der Waals surface area contributed by atoms with Gasteiger partial charge in [0.05, 0.1) is 7.11 Å². The number of ether oxygens (including phenoxy) is 2. The molecule has 1 unspecified atom stereocenters. The Morgan fingerprint density at radius 3 is 2.23 bits per heavy atom. The van der Waals surface area contributed by atoms with E-state index in [4.69, 9.17) is 13.8 Å². The van der Waals surface area contributed by atoms with Gasteiger partial charge in [-0.15, -0.1) is 0 Å². The third-order valence-corrected chi connectivity index (χ3v) is 5.68. The first kappa shape index (κ1) is 22.2. The highest BCUT2D eigenvalue weighted by Crippen LogP contribution is 2.53. The van der Waals surface area contributed by atoms with Crippen molar-refractivity contribution in [3.63, 3.8) is 0 Å². The average Bonchev–Trinajstić information content (AvgIpc) is 2.64. The van der Waals surface area contributed by atoms with Crippen molar-refractivity contribution in [2.24, 2.45) is 5.92 Å². The Morgan fingerprint density at radius 1 is 1.12 bits per heavy atom. The SMILES string of the molecule is COC(=O)[C@@H](OP(=O)(OC)[C@H](C)NC(=O)OCc1ccccc1)C(C)C. The van der Waals surface area contributed by atoms with Crippen LogP contribution in [0.2, 0.25) is 0 Å². The lowest BCUT2D eigenvalue weighted by atomic mass is 10.1. The maximum Gasteiger partial charge on any atom is 0.408 e. The molecular weight excluding hydrogens is 361 g/mol. The van der Waals surface area contributed by atoms with E-state index >= 15 is 0 Å². The van der Waals surface area contributed by atoms with Gasteiger partial charge in [0, 0.05) is 7.11 Å². The smallest absolute Gasteiger partial charge is 0.408 e. The maximum atomic E-state index is 12.9. The minimum absolute atomic E-state index is 0.0638. The van der Waals surface area contributed by atoms with Gasteiger partial charge in [-0.2, -0.15) is 0 Å². The molecule has 0 aliphatic rings. The first-order valence-corrected chi connectivity index (χ1v) is 9.73. The van der Waals surface area contributed by atoms with Crippen molar-refractivity contribution >= 4 is 19.7 Å². The van der Waals surface area contributed by atoms with E-state index in [2.05, 4.69) is 10.1 Å². The standard InChI is InChI=1S/C17H26NO7P/c1-12(2)15(16(19)22-4)25-26(21,23-5)13(3)18-17(20)24-11-14-9-7-6-8-10-14/h6-10,12-13,15H,11H2,1-5H3,(H,18,20)/t13-,15+,26?/m1/s1. The lowest BCUT2D eigenvalue weighted by Gasteiger charge is -2.28. The molecular formula is C17H26NO7P. The van der Waals surface area contributed by atoms with Crippen molar-refractivity contribution in [2.45, 2.75) is 39.3 Å². The lowest BCUT2D eigenvalue weighted by Crippen LogP contribution is -2.37. The Balaban J connectivity index is 2.70. The fraction of sp³-hybridized carbons (Fsp3) is 0.529. The van der Waals surface area contributed by atoms with Crippen LogP contribution in [0.15, 0.2) is 30.3 Å². The number of hydrogen-bond acceptors (Lipinski definition) is 7. The van der Waals surface area contributed by atoms with Crippen LogP contribution in [0.5, 0.6) is 0 Å². The highest BCUT2D eigenvalue weighted by molar-refractivity contribution is 7.54. The zero-order valence-electron chi connectivity index (χ0n) is 15.6. The molecule has 0 saturated carbocycles. The summed E-state index contributed by atoms with van der Waals surface area (Å²) >= 11 is 0. The number of esters is 1. The molecule has 0 aliphatic heterocycles. The Labute approximate surface area is 153 Å². The second-order valence-electron chi connectivity index (χ2n) is 5.90. The minimum Gasteiger partial charge on any atom is -0.467 e. The molecule has 1 rings (SSSR count). The van der Waals surface area contributed by atoms with Gasteiger partial charge in [0.15, 0.2) is 6.10 Å². The van der Waals surface area contributed by atoms with Gasteiger partial charge < -0.3 is 19.3 Å². The fourth-order valence-electron chi connectivity index (χ4n) is 2.02. The van der Waals surface area contributed by atoms with Crippen molar-refractivity contribution in [1.82, 2.24) is 5.32 Å². The van der Waals surface area contributed by atoms with E-state index in [-0.39, 0.29) is 12.5 Å². The maximum absolute atomic E-state index is 12.9. The van der Waals surface area contributed by atoms with Crippen molar-refractivity contribution < 1.29 is 32.7 Å². The number of hydrogen-bond donors (Lipinski definition) is 1. The number of nitrogens with one attached hydrogen (secondary N) is 1. The Bertz CT molecular complexity index is 635. The second kappa shape index (κ2) is 10.3. The topological polar surface area (TPSA) is 100 Å². The van der Waals surface area contributed by atoms with Gasteiger partial charge in [0.25, 0.3) is 0 Å². The number of alkyl carbamates (subject to hydrolysis) is 1. The molecule has 1 aromatic rings. The van der Waals surface area contributed by atoms with E-state index in [1.807, 2.05) is 30.3 Å². The van der Waals surface area contributed by atoms with E-state index in [1.54, 1.807) is 13.8 Å². The predicted octanol–water partition coefficient (Wildman–Crippen LogP) is 3.31. The zero-order valence-corrected chi connectivity index (χ0v) is 16.5. The number of carbonyl (C=O) groups is 2. The van der Waals surface area contributed by atoms with Gasteiger partial charge in [-0.3, -0.25) is 9.09 Å². The van der Waals surface area contributed by atoms with Crippen LogP contribution >= 0.6 is 7.60 Å². The largest absolute Gasteiger partial charge is 0.467 e. The van der Waals surface area contributed by atoms with E-state index in [1.165, 1.54) is 21.1 Å². The number of rotatable bonds is 9. The monoisotopic (exact) mass is 387 g/mol. The molecule has 0 heterocycles. The summed E-state index contributed by atoms with van der Waals surface area (Å²) in [6.07, 6.45) is -1.86. The fourth-order valence-corrected chi connectivity index (χ4v) is 3.51. The molecule has 0 saturated heterocycles. The van der Waals surface area contributed by atoms with Gasteiger partial charge in [0.1, 0.15) is 12.4 Å². The molecule has 9 heteroatoms. The Morgan fingerprint density at radius 2 is 1.73 bits per heavy atom. The molecule has 1 amide bonds. The summed E-state index contributed by atoms with van der Waals surface area (Å²) in [6.45, 7) is 4.94. The molecule has 3 atom stereocenters. The molecule has 0 aromatic heterocycles. The van der Waals surface area contributed by atoms with Gasteiger partial charge in [-0.25, -0.2) is 9.59 Å². The average molecular weight is 387 g/mol. The van der Waals surface area contributed by atoms with Gasteiger partial charge >= 0.3 is 19.7 Å². The molecule has 1 N–H and O–H groups in total. The summed E-state index contributed by atoms with van der Waals surface area (Å²) in [5.74, 6) is -2.00. The molecule has 1 aromatic carbocycles. The highest BCUT2D eigenvalue weighted by Gasteiger charge is 2.39. The molecule has 0 fully saturated rings. The highest BCUT2D eigenvalue weighted by atomic mass is 31.2. The molecule has 8 nitrogen and oxygen atoms in total. The molecule has 0 spiro atoms. The van der Waals surface area contributed by atoms with Crippen LogP contribution in [0.25, 0.3) is 0 Å². The normalized spacial score (nSPS) is 15.6. The second-order valence-corrected chi connectivity index (χ2v) is 8.33. The molecule has 0 bridgehead atoms. The minimum atomic E-state index is -3.83. The summed E-state index contributed by atoms with van der Waals surface area (Å²) in [4.78, 5) is 23.8. The number of carbonyl (C=O) groups excluding carboxylic acids is 2. The first-order chi connectivity index (χ1) is 12.2. The summed E-state index contributed by atoms with van der Waals surface area (Å²) in [5, 5.41) is 2.42. The van der Waals surface area contributed by atoms with Crippen LogP contribution in [-0.2, 0) is 34.5 Å². The van der Waals surface area contributed by atoms with Gasteiger partial charge in [-0.05, 0) is 18.4 Å². The first-order valence-electron chi connectivity index (χ1n) is 8.12. The van der Waals surface area contributed by atoms with Crippen molar-refractivity contribution in [2.75, 3.05) is 14.2 Å². The van der Waals surface area contributed by atoms with E-state index < -0.39 is 31.5 Å². The van der Waals surface area contributed by atoms with Crippen LogP contribution in [0.3, 0.4) is 0 Å². The van der Waals surface area contributed by atoms with Gasteiger partial charge in [-0.1, -0.05) is 44.2 Å². The lowest BCUT2D eigenvalue weighted by molar-refractivity contribution is -0.151. The van der Waals surface area contributed by atoms with Crippen LogP contribution in [0, 0.1) is 5.92 Å². The van der Waals surface area contributed by atoms with E-state index in [9.17, 15) is 14.2 Å². The summed E-state index contributed by atoms with van der Waals surface area (Å²) < 4.78 is 33.1. The van der Waals surface area contributed by atoms with Crippen molar-refractivity contribution in [3.8, 4) is 0 Å². The van der Waals surface area contributed by atoms with E-state index in [0.717, 1.165) is 5.56 Å². The molecule has 0 aliphatic carbocycles. The Hall–Kier alpha value is -1.89. The molecule has 26 heavy (non-hydrogen) atoms. The Kier molecular flexibility index (Phi) is 8.78. The molecule has 146 valence electrons. The third kappa shape index (κ3) is 6.44. The van der Waals surface area contributed by atoms with Gasteiger partial charge in [0.2, 0.25) is 0 Å². The number of benzene rings is 1. The summed E-state index contributed by atoms with van der Waals surface area (Å²) in [5.41, 5.74) is 0.812. The van der Waals surface area contributed by atoms with Crippen molar-refractivity contribution in [3.05, 3.63) is 35.9 Å². The number of amides is 1. The van der Waals surface area contributed by atoms with Crippen LogP contribution in [-0.4, -0.2) is 38.2 Å². The quantitative estimate of drug-likeness (QED) is 0.512. The number of methoxy groups -OCH3 is 1. The third-order valence-electron chi connectivity index (χ3n) is 3.57. The van der Waals surface area contributed by atoms with Crippen molar-refractivity contribution in [1.29, 1.82) is 0 Å². The van der Waals surface area contributed by atoms with Crippen LogP contribution in [0.4, 0.5) is 4.79 Å². The van der Waals surface area contributed by atoms with Crippen LogP contribution < -0.4 is 5.32 Å². The molecule has 0 radical (unpaired) electrons. The zero-order chi connectivity index (χ0) is 19.7. The summed E-state index contributed by atoms with van der Waals surface area (Å²) in [7, 11) is -1.44.